The Labute approximate surface area is 213 Å². The molecule has 0 aliphatic rings. The van der Waals surface area contributed by atoms with Crippen molar-refractivity contribution in [2.24, 2.45) is 0 Å². The second-order valence-electron chi connectivity index (χ2n) is 8.41. The zero-order chi connectivity index (χ0) is 25.8. The minimum atomic E-state index is -0.448. The van der Waals surface area contributed by atoms with Crippen molar-refractivity contribution in [3.63, 3.8) is 0 Å². The molecule has 2 heterocycles. The van der Waals surface area contributed by atoms with Gasteiger partial charge in [-0.25, -0.2) is 14.8 Å². The highest BCUT2D eigenvalue weighted by atomic mass is 16.5. The van der Waals surface area contributed by atoms with Gasteiger partial charge in [0.2, 0.25) is 0 Å². The number of rotatable bonds is 7. The van der Waals surface area contributed by atoms with E-state index in [0.717, 1.165) is 22.2 Å². The van der Waals surface area contributed by atoms with Gasteiger partial charge in [0.25, 0.3) is 0 Å². The molecule has 3 aromatic carbocycles. The number of carbonyl (C=O) groups is 2. The molecule has 0 atom stereocenters. The Hall–Kier alpha value is -5.04. The third kappa shape index (κ3) is 5.31. The fraction of sp³-hybridized carbons (Fsp3) is 0.0667. The fourth-order valence-electron chi connectivity index (χ4n) is 3.82. The smallest absolute Gasteiger partial charge is 0.337 e. The van der Waals surface area contributed by atoms with Crippen LogP contribution in [0.3, 0.4) is 0 Å². The topological polar surface area (TPSA) is 94.3 Å². The minimum Gasteiger partial charge on any atom is -0.465 e. The van der Waals surface area contributed by atoms with Crippen LogP contribution >= 0.6 is 0 Å². The van der Waals surface area contributed by atoms with Crippen molar-refractivity contribution in [2.45, 2.75) is 6.92 Å². The monoisotopic (exact) mass is 489 g/mol. The first kappa shape index (κ1) is 23.7. The number of esters is 1. The number of nitrogens with zero attached hydrogens (tertiary/aromatic N) is 2. The standard InChI is InChI=1S/C30H23N3O4/c1-19-3-10-23(11-4-19)33-29-25-17-22(9-14-26(25)31-18-32-29)28-16-13-24(37-28)12-15-27(34)20-5-7-21(8-6-20)30(35)36-2/h3-18H,1-2H3,(H,31,32,33). The van der Waals surface area contributed by atoms with Crippen molar-refractivity contribution in [1.82, 2.24) is 9.97 Å². The number of allylic oxidation sites excluding steroid dienone is 1. The summed E-state index contributed by atoms with van der Waals surface area (Å²) < 4.78 is 10.7. The average Bonchev–Trinajstić information content (AvgIpc) is 3.42. The molecule has 5 rings (SSSR count). The van der Waals surface area contributed by atoms with Gasteiger partial charge in [-0.3, -0.25) is 4.79 Å². The highest BCUT2D eigenvalue weighted by molar-refractivity contribution is 6.07. The summed E-state index contributed by atoms with van der Waals surface area (Å²) in [7, 11) is 1.31. The van der Waals surface area contributed by atoms with Crippen molar-refractivity contribution in [1.29, 1.82) is 0 Å². The van der Waals surface area contributed by atoms with Crippen LogP contribution in [0.1, 0.15) is 32.0 Å². The number of furan rings is 1. The number of ketones is 1. The molecule has 0 aliphatic carbocycles. The van der Waals surface area contributed by atoms with Crippen molar-refractivity contribution in [2.75, 3.05) is 12.4 Å². The Morgan fingerprint density at radius 1 is 0.892 bits per heavy atom. The van der Waals surface area contributed by atoms with Crippen LogP contribution < -0.4 is 5.32 Å². The van der Waals surface area contributed by atoms with Crippen molar-refractivity contribution in [3.05, 3.63) is 114 Å². The van der Waals surface area contributed by atoms with E-state index in [1.165, 1.54) is 25.1 Å². The number of carbonyl (C=O) groups excluding carboxylic acids is 2. The first-order valence-electron chi connectivity index (χ1n) is 11.6. The molecule has 0 fully saturated rings. The summed E-state index contributed by atoms with van der Waals surface area (Å²) in [5, 5.41) is 4.22. The van der Waals surface area contributed by atoms with Gasteiger partial charge >= 0.3 is 5.97 Å². The van der Waals surface area contributed by atoms with E-state index in [9.17, 15) is 9.59 Å². The third-order valence-corrected chi connectivity index (χ3v) is 5.85. The lowest BCUT2D eigenvalue weighted by molar-refractivity contribution is 0.0600. The quantitative estimate of drug-likeness (QED) is 0.156. The number of hydrogen-bond donors (Lipinski definition) is 1. The molecule has 0 radical (unpaired) electrons. The van der Waals surface area contributed by atoms with Crippen LogP contribution in [0.2, 0.25) is 0 Å². The molecular weight excluding hydrogens is 466 g/mol. The normalized spacial score (nSPS) is 11.1. The van der Waals surface area contributed by atoms with Gasteiger partial charge in [-0.05, 0) is 73.7 Å². The molecule has 0 spiro atoms. The Bertz CT molecular complexity index is 1620. The predicted octanol–water partition coefficient (Wildman–Crippen LogP) is 6.62. The van der Waals surface area contributed by atoms with Gasteiger partial charge in [0.05, 0.1) is 18.2 Å². The van der Waals surface area contributed by atoms with Gasteiger partial charge in [-0.1, -0.05) is 29.8 Å². The summed E-state index contributed by atoms with van der Waals surface area (Å²) in [4.78, 5) is 32.9. The summed E-state index contributed by atoms with van der Waals surface area (Å²) in [6.07, 6.45) is 4.59. The molecule has 7 heteroatoms. The third-order valence-electron chi connectivity index (χ3n) is 5.85. The lowest BCUT2D eigenvalue weighted by atomic mass is 10.1. The van der Waals surface area contributed by atoms with Crippen LogP contribution in [0.25, 0.3) is 28.3 Å². The Balaban J connectivity index is 1.35. The Morgan fingerprint density at radius 2 is 1.65 bits per heavy atom. The van der Waals surface area contributed by atoms with Crippen molar-refractivity contribution < 1.29 is 18.7 Å². The maximum Gasteiger partial charge on any atom is 0.337 e. The van der Waals surface area contributed by atoms with Gasteiger partial charge in [-0.2, -0.15) is 0 Å². The van der Waals surface area contributed by atoms with E-state index < -0.39 is 5.97 Å². The molecule has 0 saturated heterocycles. The molecule has 0 aliphatic heterocycles. The molecule has 5 aromatic rings. The van der Waals surface area contributed by atoms with Crippen LogP contribution in [0, 0.1) is 6.92 Å². The largest absolute Gasteiger partial charge is 0.465 e. The molecule has 37 heavy (non-hydrogen) atoms. The summed E-state index contributed by atoms with van der Waals surface area (Å²) in [6, 6.07) is 23.9. The number of nitrogens with one attached hydrogen (secondary N) is 1. The number of hydrogen-bond acceptors (Lipinski definition) is 7. The van der Waals surface area contributed by atoms with Crippen LogP contribution in [0.4, 0.5) is 11.5 Å². The Kier molecular flexibility index (Phi) is 6.59. The highest BCUT2D eigenvalue weighted by Crippen LogP contribution is 2.30. The molecule has 0 amide bonds. The van der Waals surface area contributed by atoms with Gasteiger partial charge in [0.1, 0.15) is 23.7 Å². The second kappa shape index (κ2) is 10.3. The molecule has 2 aromatic heterocycles. The van der Waals surface area contributed by atoms with E-state index in [0.29, 0.717) is 28.5 Å². The van der Waals surface area contributed by atoms with Crippen molar-refractivity contribution in [3.8, 4) is 11.3 Å². The highest BCUT2D eigenvalue weighted by Gasteiger charge is 2.10. The van der Waals surface area contributed by atoms with E-state index in [2.05, 4.69) is 20.0 Å². The summed E-state index contributed by atoms with van der Waals surface area (Å²) in [6.45, 7) is 2.04. The maximum atomic E-state index is 12.5. The van der Waals surface area contributed by atoms with Crippen LogP contribution in [-0.4, -0.2) is 28.8 Å². The molecule has 0 unspecified atom stereocenters. The molecule has 182 valence electrons. The average molecular weight is 490 g/mol. The summed E-state index contributed by atoms with van der Waals surface area (Å²) >= 11 is 0. The van der Waals surface area contributed by atoms with Gasteiger partial charge in [-0.15, -0.1) is 0 Å². The van der Waals surface area contributed by atoms with E-state index >= 15 is 0 Å². The zero-order valence-corrected chi connectivity index (χ0v) is 20.3. The fourth-order valence-corrected chi connectivity index (χ4v) is 3.82. The number of fused-ring (bicyclic) bond motifs is 1. The number of aryl methyl sites for hydroxylation is 1. The SMILES string of the molecule is COC(=O)c1ccc(C(=O)C=Cc2ccc(-c3ccc4ncnc(Nc5ccc(C)cc5)c4c3)o2)cc1. The first-order chi connectivity index (χ1) is 18.0. The minimum absolute atomic E-state index is 0.205. The predicted molar refractivity (Wildman–Crippen MR) is 143 cm³/mol. The van der Waals surface area contributed by atoms with Gasteiger partial charge in [0.15, 0.2) is 5.78 Å². The second-order valence-corrected chi connectivity index (χ2v) is 8.41. The number of ether oxygens (including phenoxy) is 1. The maximum absolute atomic E-state index is 12.5. The van der Waals surface area contributed by atoms with Gasteiger partial charge < -0.3 is 14.5 Å². The lowest BCUT2D eigenvalue weighted by Crippen LogP contribution is -2.02. The lowest BCUT2D eigenvalue weighted by Gasteiger charge is -2.09. The van der Waals surface area contributed by atoms with Crippen LogP contribution in [0.15, 0.2) is 95.7 Å². The van der Waals surface area contributed by atoms with E-state index in [1.54, 1.807) is 36.4 Å². The van der Waals surface area contributed by atoms with Crippen LogP contribution in [0.5, 0.6) is 0 Å². The number of benzene rings is 3. The van der Waals surface area contributed by atoms with Gasteiger partial charge in [0, 0.05) is 22.2 Å². The van der Waals surface area contributed by atoms with Crippen LogP contribution in [-0.2, 0) is 4.74 Å². The zero-order valence-electron chi connectivity index (χ0n) is 20.3. The Morgan fingerprint density at radius 3 is 2.41 bits per heavy atom. The molecule has 1 N–H and O–H groups in total. The molecule has 7 nitrogen and oxygen atoms in total. The van der Waals surface area contributed by atoms with E-state index in [1.807, 2.05) is 55.5 Å². The number of methoxy groups -OCH3 is 1. The van der Waals surface area contributed by atoms with Crippen molar-refractivity contribution >= 4 is 40.2 Å². The van der Waals surface area contributed by atoms with E-state index in [4.69, 9.17) is 4.42 Å². The first-order valence-corrected chi connectivity index (χ1v) is 11.6. The number of aromatic nitrogens is 2. The number of anilines is 2. The van der Waals surface area contributed by atoms with E-state index in [-0.39, 0.29) is 5.78 Å². The summed E-state index contributed by atoms with van der Waals surface area (Å²) in [5.74, 6) is 1.24. The molecule has 0 bridgehead atoms. The summed E-state index contributed by atoms with van der Waals surface area (Å²) in [5.41, 5.74) is 4.63. The molecular formula is C30H23N3O4. The molecule has 0 saturated carbocycles.